The summed E-state index contributed by atoms with van der Waals surface area (Å²) in [4.78, 5) is 11.8. The molecule has 0 atom stereocenters. The van der Waals surface area contributed by atoms with E-state index in [4.69, 9.17) is 0 Å². The third kappa shape index (κ3) is 3.70. The van der Waals surface area contributed by atoms with Crippen LogP contribution in [0.15, 0.2) is 29.1 Å². The zero-order valence-electron chi connectivity index (χ0n) is 12.0. The second-order valence-corrected chi connectivity index (χ2v) is 5.56. The summed E-state index contributed by atoms with van der Waals surface area (Å²) in [5, 5.41) is 11.6. The summed E-state index contributed by atoms with van der Waals surface area (Å²) < 4.78 is 1.88. The third-order valence-corrected chi connectivity index (χ3v) is 4.14. The maximum absolute atomic E-state index is 11.8. The van der Waals surface area contributed by atoms with Crippen molar-refractivity contribution in [3.63, 3.8) is 0 Å². The Labute approximate surface area is 123 Å². The summed E-state index contributed by atoms with van der Waals surface area (Å²) in [5.41, 5.74) is 2.13. The largest absolute Gasteiger partial charge is 0.354 e. The number of thiophene rings is 1. The highest BCUT2D eigenvalue weighted by atomic mass is 32.1. The molecule has 0 fully saturated rings. The smallest absolute Gasteiger partial charge is 0.223 e. The molecule has 5 heteroatoms. The highest BCUT2D eigenvalue weighted by Crippen LogP contribution is 2.19. The van der Waals surface area contributed by atoms with Crippen LogP contribution in [0.4, 0.5) is 0 Å². The maximum atomic E-state index is 11.8. The van der Waals surface area contributed by atoms with Gasteiger partial charge in [0.15, 0.2) is 0 Å². The summed E-state index contributed by atoms with van der Waals surface area (Å²) in [7, 11) is 0. The fourth-order valence-electron chi connectivity index (χ4n) is 2.15. The Morgan fingerprint density at radius 1 is 1.40 bits per heavy atom. The van der Waals surface area contributed by atoms with Gasteiger partial charge in [-0.3, -0.25) is 9.48 Å². The van der Waals surface area contributed by atoms with Crippen molar-refractivity contribution in [2.45, 2.75) is 33.2 Å². The van der Waals surface area contributed by atoms with Crippen molar-refractivity contribution in [3.8, 4) is 11.3 Å². The lowest BCUT2D eigenvalue weighted by Gasteiger charge is -2.12. The molecule has 20 heavy (non-hydrogen) atoms. The molecule has 0 radical (unpaired) electrons. The molecule has 1 N–H and O–H groups in total. The summed E-state index contributed by atoms with van der Waals surface area (Å²) in [5.74, 6) is 0.286. The van der Waals surface area contributed by atoms with Gasteiger partial charge in [-0.15, -0.1) is 0 Å². The molecule has 0 aliphatic carbocycles. The normalized spacial score (nSPS) is 10.9. The van der Waals surface area contributed by atoms with E-state index >= 15 is 0 Å². The number of nitrogens with one attached hydrogen (secondary N) is 1. The first-order chi connectivity index (χ1) is 9.74. The van der Waals surface area contributed by atoms with Crippen LogP contribution in [0.2, 0.25) is 0 Å². The molecule has 2 aromatic rings. The zero-order chi connectivity index (χ0) is 14.4. The minimum Gasteiger partial charge on any atom is -0.354 e. The first-order valence-corrected chi connectivity index (χ1v) is 8.02. The number of hydrogen-bond donors (Lipinski definition) is 1. The lowest BCUT2D eigenvalue weighted by atomic mass is 10.0. The molecule has 0 aromatic carbocycles. The van der Waals surface area contributed by atoms with Crippen molar-refractivity contribution >= 4 is 17.2 Å². The molecule has 2 rings (SSSR count). The molecule has 4 nitrogen and oxygen atoms in total. The summed E-state index contributed by atoms with van der Waals surface area (Å²) in [6.45, 7) is 5.43. The lowest BCUT2D eigenvalue weighted by molar-refractivity contribution is -0.125. The number of rotatable bonds is 7. The van der Waals surface area contributed by atoms with E-state index < -0.39 is 0 Å². The van der Waals surface area contributed by atoms with Gasteiger partial charge in [0.05, 0.1) is 12.2 Å². The molecular weight excluding hydrogens is 270 g/mol. The van der Waals surface area contributed by atoms with Crippen LogP contribution in [0, 0.1) is 5.92 Å². The first-order valence-electron chi connectivity index (χ1n) is 7.08. The van der Waals surface area contributed by atoms with E-state index in [0.29, 0.717) is 13.1 Å². The second-order valence-electron chi connectivity index (χ2n) is 4.78. The van der Waals surface area contributed by atoms with Crippen LogP contribution in [0.25, 0.3) is 11.3 Å². The number of amides is 1. The third-order valence-electron chi connectivity index (χ3n) is 3.45. The fraction of sp³-hybridized carbons (Fsp3) is 0.467. The molecular formula is C15H21N3OS. The summed E-state index contributed by atoms with van der Waals surface area (Å²) in [6.07, 6.45) is 3.75. The van der Waals surface area contributed by atoms with Gasteiger partial charge in [-0.2, -0.15) is 16.4 Å². The van der Waals surface area contributed by atoms with Crippen LogP contribution in [-0.2, 0) is 11.3 Å². The van der Waals surface area contributed by atoms with Gasteiger partial charge in [-0.25, -0.2) is 0 Å². The molecule has 2 aromatic heterocycles. The SMILES string of the molecule is CCC(CC)C(=O)NCCn1ccc(-c2ccsc2)n1. The average molecular weight is 291 g/mol. The van der Waals surface area contributed by atoms with Crippen molar-refractivity contribution in [2.75, 3.05) is 6.54 Å². The quantitative estimate of drug-likeness (QED) is 0.851. The van der Waals surface area contributed by atoms with Crippen molar-refractivity contribution in [2.24, 2.45) is 5.92 Å². The van der Waals surface area contributed by atoms with E-state index in [-0.39, 0.29) is 11.8 Å². The summed E-state index contributed by atoms with van der Waals surface area (Å²) in [6, 6.07) is 4.07. The Balaban J connectivity index is 1.82. The van der Waals surface area contributed by atoms with E-state index in [1.54, 1.807) is 11.3 Å². The van der Waals surface area contributed by atoms with Crippen molar-refractivity contribution < 1.29 is 4.79 Å². The van der Waals surface area contributed by atoms with Crippen LogP contribution in [-0.4, -0.2) is 22.2 Å². The predicted molar refractivity (Wildman–Crippen MR) is 82.6 cm³/mol. The van der Waals surface area contributed by atoms with Gasteiger partial charge >= 0.3 is 0 Å². The van der Waals surface area contributed by atoms with Crippen LogP contribution < -0.4 is 5.32 Å². The number of aromatic nitrogens is 2. The molecule has 0 aliphatic rings. The Kier molecular flexibility index (Phi) is 5.35. The zero-order valence-corrected chi connectivity index (χ0v) is 12.8. The molecule has 2 heterocycles. The van der Waals surface area contributed by atoms with Crippen LogP contribution in [0.3, 0.4) is 0 Å². The van der Waals surface area contributed by atoms with Crippen molar-refractivity contribution in [1.29, 1.82) is 0 Å². The first kappa shape index (κ1) is 14.8. The Morgan fingerprint density at radius 3 is 2.85 bits per heavy atom. The van der Waals surface area contributed by atoms with Crippen molar-refractivity contribution in [1.82, 2.24) is 15.1 Å². The standard InChI is InChI=1S/C15H21N3OS/c1-3-12(4-2)15(19)16-7-9-18-8-5-14(17-18)13-6-10-20-11-13/h5-6,8,10-12H,3-4,7,9H2,1-2H3,(H,16,19). The van der Waals surface area contributed by atoms with Gasteiger partial charge < -0.3 is 5.32 Å². The molecule has 0 saturated carbocycles. The van der Waals surface area contributed by atoms with Gasteiger partial charge in [0.1, 0.15) is 0 Å². The molecule has 1 amide bonds. The Bertz CT molecular complexity index is 529. The molecule has 108 valence electrons. The van der Waals surface area contributed by atoms with E-state index in [1.165, 1.54) is 0 Å². The minimum absolute atomic E-state index is 0.133. The summed E-state index contributed by atoms with van der Waals surface area (Å²) >= 11 is 1.67. The van der Waals surface area contributed by atoms with Crippen molar-refractivity contribution in [3.05, 3.63) is 29.1 Å². The van der Waals surface area contributed by atoms with Gasteiger partial charge in [0.25, 0.3) is 0 Å². The van der Waals surface area contributed by atoms with E-state index in [9.17, 15) is 4.79 Å². The van der Waals surface area contributed by atoms with E-state index in [2.05, 4.69) is 21.9 Å². The molecule has 0 spiro atoms. The van der Waals surface area contributed by atoms with E-state index in [1.807, 2.05) is 36.2 Å². The second kappa shape index (κ2) is 7.24. The van der Waals surface area contributed by atoms with Crippen LogP contribution in [0.1, 0.15) is 26.7 Å². The number of hydrogen-bond acceptors (Lipinski definition) is 3. The van der Waals surface area contributed by atoms with Crippen LogP contribution in [0.5, 0.6) is 0 Å². The van der Waals surface area contributed by atoms with E-state index in [0.717, 1.165) is 24.1 Å². The number of nitrogens with zero attached hydrogens (tertiary/aromatic N) is 2. The van der Waals surface area contributed by atoms with Gasteiger partial charge in [0, 0.05) is 29.6 Å². The lowest BCUT2D eigenvalue weighted by Crippen LogP contribution is -2.32. The molecule has 0 aliphatic heterocycles. The number of carbonyl (C=O) groups excluding carboxylic acids is 1. The maximum Gasteiger partial charge on any atom is 0.223 e. The predicted octanol–water partition coefficient (Wildman–Crippen LogP) is 3.16. The minimum atomic E-state index is 0.133. The highest BCUT2D eigenvalue weighted by molar-refractivity contribution is 7.08. The van der Waals surface area contributed by atoms with Crippen LogP contribution >= 0.6 is 11.3 Å². The van der Waals surface area contributed by atoms with Gasteiger partial charge in [-0.1, -0.05) is 13.8 Å². The Morgan fingerprint density at radius 2 is 2.20 bits per heavy atom. The van der Waals surface area contributed by atoms with Gasteiger partial charge in [-0.05, 0) is 30.4 Å². The fourth-order valence-corrected chi connectivity index (χ4v) is 2.80. The molecule has 0 unspecified atom stereocenters. The molecule has 0 saturated heterocycles. The monoisotopic (exact) mass is 291 g/mol. The topological polar surface area (TPSA) is 46.9 Å². The highest BCUT2D eigenvalue weighted by Gasteiger charge is 2.13. The number of carbonyl (C=O) groups is 1. The van der Waals surface area contributed by atoms with Gasteiger partial charge in [0.2, 0.25) is 5.91 Å². The average Bonchev–Trinajstić information content (AvgIpc) is 3.10. The molecule has 0 bridgehead atoms. The Hall–Kier alpha value is -1.62.